The topological polar surface area (TPSA) is 27.1 Å². The van der Waals surface area contributed by atoms with Crippen LogP contribution in [0.15, 0.2) is 42.5 Å². The molecule has 2 aromatic heterocycles. The summed E-state index contributed by atoms with van der Waals surface area (Å²) in [6.45, 7) is 1.02. The monoisotopic (exact) mass is 250 g/mol. The van der Waals surface area contributed by atoms with E-state index >= 15 is 0 Å². The van der Waals surface area contributed by atoms with Gasteiger partial charge in [-0.15, -0.1) is 0 Å². The zero-order valence-electron chi connectivity index (χ0n) is 10.8. The Bertz CT molecular complexity index is 774. The van der Waals surface area contributed by atoms with Gasteiger partial charge in [0.2, 0.25) is 5.88 Å². The number of ether oxygens (including phenoxy) is 1. The molecular weight excluding hydrogens is 236 g/mol. The van der Waals surface area contributed by atoms with Crippen LogP contribution in [0, 0.1) is 0 Å². The van der Waals surface area contributed by atoms with Gasteiger partial charge < -0.3 is 9.30 Å². The fourth-order valence-corrected chi connectivity index (χ4v) is 2.92. The van der Waals surface area contributed by atoms with E-state index in [1.165, 1.54) is 22.3 Å². The first kappa shape index (κ1) is 10.6. The number of methoxy groups -OCH3 is 1. The van der Waals surface area contributed by atoms with Gasteiger partial charge in [0, 0.05) is 18.2 Å². The van der Waals surface area contributed by atoms with Crippen molar-refractivity contribution in [3.05, 3.63) is 48.0 Å². The first-order valence-electron chi connectivity index (χ1n) is 6.49. The molecular formula is C16H14N2O. The van der Waals surface area contributed by atoms with Crippen LogP contribution < -0.4 is 4.74 Å². The summed E-state index contributed by atoms with van der Waals surface area (Å²) in [4.78, 5) is 4.53. The third-order valence-electron chi connectivity index (χ3n) is 3.84. The molecule has 0 radical (unpaired) electrons. The summed E-state index contributed by atoms with van der Waals surface area (Å²) < 4.78 is 7.55. The van der Waals surface area contributed by atoms with Crippen molar-refractivity contribution in [3.63, 3.8) is 0 Å². The fraction of sp³-hybridized carbons (Fsp3) is 0.188. The second kappa shape index (κ2) is 3.85. The first-order chi connectivity index (χ1) is 9.36. The highest BCUT2D eigenvalue weighted by Crippen LogP contribution is 2.34. The van der Waals surface area contributed by atoms with Crippen LogP contribution in [0.5, 0.6) is 5.88 Å². The summed E-state index contributed by atoms with van der Waals surface area (Å²) in [5.41, 5.74) is 6.20. The van der Waals surface area contributed by atoms with E-state index in [9.17, 15) is 0 Å². The van der Waals surface area contributed by atoms with Gasteiger partial charge in [-0.2, -0.15) is 0 Å². The molecule has 1 aromatic carbocycles. The van der Waals surface area contributed by atoms with Crippen LogP contribution in [-0.4, -0.2) is 16.7 Å². The molecule has 0 N–H and O–H groups in total. The Balaban J connectivity index is 2.01. The molecule has 3 heterocycles. The highest BCUT2D eigenvalue weighted by atomic mass is 16.5. The number of pyridine rings is 1. The van der Waals surface area contributed by atoms with Crippen LogP contribution in [-0.2, 0) is 13.0 Å². The summed E-state index contributed by atoms with van der Waals surface area (Å²) in [7, 11) is 1.65. The predicted octanol–water partition coefficient (Wildman–Crippen LogP) is 3.27. The Morgan fingerprint density at radius 2 is 2.05 bits per heavy atom. The van der Waals surface area contributed by atoms with Crippen molar-refractivity contribution in [2.75, 3.05) is 7.11 Å². The van der Waals surface area contributed by atoms with Crippen molar-refractivity contribution in [2.24, 2.45) is 0 Å². The van der Waals surface area contributed by atoms with E-state index in [1.807, 2.05) is 6.07 Å². The van der Waals surface area contributed by atoms with Crippen molar-refractivity contribution >= 4 is 11.0 Å². The van der Waals surface area contributed by atoms with Crippen LogP contribution in [0.4, 0.5) is 0 Å². The van der Waals surface area contributed by atoms with Gasteiger partial charge in [0.1, 0.15) is 0 Å². The minimum Gasteiger partial charge on any atom is -0.481 e. The van der Waals surface area contributed by atoms with E-state index in [4.69, 9.17) is 4.74 Å². The summed E-state index contributed by atoms with van der Waals surface area (Å²) in [5.74, 6) is 0.670. The minimum atomic E-state index is 0.670. The van der Waals surface area contributed by atoms with Gasteiger partial charge in [0.15, 0.2) is 0 Å². The number of aryl methyl sites for hydroxylation is 2. The molecule has 19 heavy (non-hydrogen) atoms. The van der Waals surface area contributed by atoms with Crippen LogP contribution in [0.1, 0.15) is 5.56 Å². The lowest BCUT2D eigenvalue weighted by molar-refractivity contribution is 0.399. The van der Waals surface area contributed by atoms with Gasteiger partial charge in [-0.1, -0.05) is 24.3 Å². The molecule has 94 valence electrons. The van der Waals surface area contributed by atoms with Gasteiger partial charge in [-0.05, 0) is 24.1 Å². The van der Waals surface area contributed by atoms with Gasteiger partial charge in [0.05, 0.1) is 23.8 Å². The van der Waals surface area contributed by atoms with Crippen LogP contribution >= 0.6 is 0 Å². The maximum Gasteiger partial charge on any atom is 0.213 e. The number of aromatic nitrogens is 2. The molecule has 0 aliphatic carbocycles. The number of hydrogen-bond donors (Lipinski definition) is 0. The summed E-state index contributed by atoms with van der Waals surface area (Å²) in [5, 5.41) is 0. The number of fused-ring (bicyclic) bond motifs is 5. The summed E-state index contributed by atoms with van der Waals surface area (Å²) in [6.07, 6.45) is 1.08. The number of hydrogen-bond acceptors (Lipinski definition) is 2. The third kappa shape index (κ3) is 1.48. The molecule has 0 fully saturated rings. The molecule has 1 aliphatic rings. The first-order valence-corrected chi connectivity index (χ1v) is 6.49. The highest BCUT2D eigenvalue weighted by molar-refractivity contribution is 5.85. The molecule has 0 bridgehead atoms. The van der Waals surface area contributed by atoms with E-state index in [0.29, 0.717) is 5.88 Å². The highest BCUT2D eigenvalue weighted by Gasteiger charge is 2.18. The average molecular weight is 250 g/mol. The van der Waals surface area contributed by atoms with Crippen LogP contribution in [0.2, 0.25) is 0 Å². The van der Waals surface area contributed by atoms with Crippen LogP contribution in [0.3, 0.4) is 0 Å². The van der Waals surface area contributed by atoms with Crippen molar-refractivity contribution in [2.45, 2.75) is 13.0 Å². The third-order valence-corrected chi connectivity index (χ3v) is 3.84. The second-order valence-corrected chi connectivity index (χ2v) is 4.85. The lowest BCUT2D eigenvalue weighted by Crippen LogP contribution is -2.09. The van der Waals surface area contributed by atoms with Gasteiger partial charge >= 0.3 is 0 Å². The molecule has 0 amide bonds. The zero-order valence-corrected chi connectivity index (χ0v) is 10.8. The Labute approximate surface area is 111 Å². The van der Waals surface area contributed by atoms with E-state index < -0.39 is 0 Å². The molecule has 0 spiro atoms. The SMILES string of the molecule is COc1ccc2c(cc3n2CCc2ccccc2-3)n1. The average Bonchev–Trinajstić information content (AvgIpc) is 2.85. The minimum absolute atomic E-state index is 0.670. The second-order valence-electron chi connectivity index (χ2n) is 4.85. The van der Waals surface area contributed by atoms with Crippen molar-refractivity contribution in [1.29, 1.82) is 0 Å². The number of rotatable bonds is 1. The molecule has 0 unspecified atom stereocenters. The van der Waals surface area contributed by atoms with Gasteiger partial charge in [0.25, 0.3) is 0 Å². The van der Waals surface area contributed by atoms with Crippen LogP contribution in [0.25, 0.3) is 22.3 Å². The Kier molecular flexibility index (Phi) is 2.15. The van der Waals surface area contributed by atoms with E-state index in [0.717, 1.165) is 18.5 Å². The zero-order chi connectivity index (χ0) is 12.8. The molecule has 0 atom stereocenters. The van der Waals surface area contributed by atoms with Crippen molar-refractivity contribution < 1.29 is 4.74 Å². The smallest absolute Gasteiger partial charge is 0.213 e. The Morgan fingerprint density at radius 1 is 1.16 bits per heavy atom. The molecule has 3 heteroatoms. The number of benzene rings is 1. The lowest BCUT2D eigenvalue weighted by atomic mass is 9.99. The van der Waals surface area contributed by atoms with E-state index in [-0.39, 0.29) is 0 Å². The van der Waals surface area contributed by atoms with Gasteiger partial charge in [-0.25, -0.2) is 4.98 Å². The molecule has 1 aliphatic heterocycles. The maximum atomic E-state index is 5.20. The predicted molar refractivity (Wildman–Crippen MR) is 75.4 cm³/mol. The largest absolute Gasteiger partial charge is 0.481 e. The van der Waals surface area contributed by atoms with Crippen molar-refractivity contribution in [3.8, 4) is 17.1 Å². The normalized spacial score (nSPS) is 13.1. The molecule has 0 saturated heterocycles. The molecule has 0 saturated carbocycles. The quantitative estimate of drug-likeness (QED) is 0.662. The maximum absolute atomic E-state index is 5.20. The Hall–Kier alpha value is -2.29. The molecule has 3 nitrogen and oxygen atoms in total. The summed E-state index contributed by atoms with van der Waals surface area (Å²) >= 11 is 0. The van der Waals surface area contributed by atoms with Crippen molar-refractivity contribution in [1.82, 2.24) is 9.55 Å². The fourth-order valence-electron chi connectivity index (χ4n) is 2.92. The van der Waals surface area contributed by atoms with Gasteiger partial charge in [-0.3, -0.25) is 0 Å². The van der Waals surface area contributed by atoms with E-state index in [1.54, 1.807) is 7.11 Å². The lowest BCUT2D eigenvalue weighted by Gasteiger charge is -2.19. The number of nitrogens with zero attached hydrogens (tertiary/aromatic N) is 2. The summed E-state index contributed by atoms with van der Waals surface area (Å²) in [6, 6.07) is 14.8. The molecule has 4 rings (SSSR count). The molecule has 3 aromatic rings. The Morgan fingerprint density at radius 3 is 2.95 bits per heavy atom. The standard InChI is InChI=1S/C16H14N2O/c1-19-16-7-6-14-13(17-16)10-15-12-5-3-2-4-11(12)8-9-18(14)15/h2-7,10H,8-9H2,1H3. The van der Waals surface area contributed by atoms with E-state index in [2.05, 4.69) is 45.9 Å².